The molecule has 0 saturated carbocycles. The molecule has 0 aromatic rings. The summed E-state index contributed by atoms with van der Waals surface area (Å²) in [5.74, 6) is 1.58. The highest BCUT2D eigenvalue weighted by Crippen LogP contribution is 2.20. The molecule has 1 fully saturated rings. The monoisotopic (exact) mass is 170 g/mol. The molecule has 0 amide bonds. The van der Waals surface area contributed by atoms with Gasteiger partial charge in [-0.3, -0.25) is 0 Å². The highest BCUT2D eigenvalue weighted by molar-refractivity contribution is 4.95. The van der Waals surface area contributed by atoms with Gasteiger partial charge in [0.25, 0.3) is 0 Å². The van der Waals surface area contributed by atoms with Crippen LogP contribution in [0.25, 0.3) is 0 Å². The molecule has 1 rings (SSSR count). The number of hydrogen-bond acceptors (Lipinski definition) is 2. The standard InChI is InChI=1S/C10H20NO/c1-9(2)11-6-4-10(5-7-11)8-12-3/h9H,4-8H2,1-3H3. The Balaban J connectivity index is 2.20. The van der Waals surface area contributed by atoms with Crippen molar-refractivity contribution in [1.82, 2.24) is 4.90 Å². The molecule has 2 nitrogen and oxygen atoms in total. The third-order valence-electron chi connectivity index (χ3n) is 2.58. The number of methoxy groups -OCH3 is 1. The predicted octanol–water partition coefficient (Wildman–Crippen LogP) is 1.71. The smallest absolute Gasteiger partial charge is 0.0525 e. The summed E-state index contributed by atoms with van der Waals surface area (Å²) in [4.78, 5) is 2.53. The normalized spacial score (nSPS) is 22.0. The Labute approximate surface area is 75.9 Å². The third-order valence-corrected chi connectivity index (χ3v) is 2.58. The lowest BCUT2D eigenvalue weighted by atomic mass is 9.97. The molecule has 1 radical (unpaired) electrons. The topological polar surface area (TPSA) is 12.5 Å². The molecule has 1 aliphatic rings. The van der Waals surface area contributed by atoms with Gasteiger partial charge in [0.15, 0.2) is 0 Å². The van der Waals surface area contributed by atoms with Crippen molar-refractivity contribution in [1.29, 1.82) is 0 Å². The second-order valence-electron chi connectivity index (χ2n) is 3.81. The zero-order chi connectivity index (χ0) is 8.97. The highest BCUT2D eigenvalue weighted by atomic mass is 16.5. The molecule has 1 heterocycles. The van der Waals surface area contributed by atoms with Crippen molar-refractivity contribution < 1.29 is 4.74 Å². The Kier molecular flexibility index (Phi) is 4.02. The fourth-order valence-electron chi connectivity index (χ4n) is 1.71. The zero-order valence-corrected chi connectivity index (χ0v) is 8.47. The number of likely N-dealkylation sites (tertiary alicyclic amines) is 1. The van der Waals surface area contributed by atoms with Crippen LogP contribution in [-0.4, -0.2) is 37.7 Å². The number of rotatable bonds is 3. The molecule has 12 heavy (non-hydrogen) atoms. The van der Waals surface area contributed by atoms with E-state index in [4.69, 9.17) is 4.74 Å². The zero-order valence-electron chi connectivity index (χ0n) is 8.47. The molecule has 0 unspecified atom stereocenters. The molecule has 2 heteroatoms. The molecule has 1 aliphatic heterocycles. The average molecular weight is 170 g/mol. The van der Waals surface area contributed by atoms with Gasteiger partial charge in [-0.15, -0.1) is 0 Å². The fourth-order valence-corrected chi connectivity index (χ4v) is 1.71. The Morgan fingerprint density at radius 2 is 1.92 bits per heavy atom. The van der Waals surface area contributed by atoms with Gasteiger partial charge in [-0.1, -0.05) is 0 Å². The number of ether oxygens (including phenoxy) is 1. The summed E-state index contributed by atoms with van der Waals surface area (Å²) in [6, 6.07) is 0.703. The van der Waals surface area contributed by atoms with Gasteiger partial charge >= 0.3 is 0 Å². The maximum atomic E-state index is 5.12. The maximum absolute atomic E-state index is 5.12. The lowest BCUT2D eigenvalue weighted by molar-refractivity contribution is 0.152. The molecule has 71 valence electrons. The van der Waals surface area contributed by atoms with Crippen LogP contribution in [0.1, 0.15) is 26.7 Å². The van der Waals surface area contributed by atoms with Gasteiger partial charge in [0.2, 0.25) is 0 Å². The SMILES string of the molecule is COC[C]1CCN(C(C)C)CC1. The second kappa shape index (κ2) is 4.83. The largest absolute Gasteiger partial charge is 0.384 e. The van der Waals surface area contributed by atoms with E-state index in [1.165, 1.54) is 25.9 Å². The molecule has 0 bridgehead atoms. The van der Waals surface area contributed by atoms with Gasteiger partial charge in [0.05, 0.1) is 6.61 Å². The highest BCUT2D eigenvalue weighted by Gasteiger charge is 2.20. The lowest BCUT2D eigenvalue weighted by Crippen LogP contribution is -2.38. The van der Waals surface area contributed by atoms with Crippen LogP contribution in [0.4, 0.5) is 0 Å². The van der Waals surface area contributed by atoms with Gasteiger partial charge in [-0.2, -0.15) is 0 Å². The van der Waals surface area contributed by atoms with Gasteiger partial charge in [-0.05, 0) is 39.8 Å². The Bertz CT molecular complexity index is 117. The van der Waals surface area contributed by atoms with Crippen molar-refractivity contribution in [2.24, 2.45) is 0 Å². The minimum absolute atomic E-state index is 0.703. The number of hydrogen-bond donors (Lipinski definition) is 0. The van der Waals surface area contributed by atoms with Crippen molar-refractivity contribution in [3.63, 3.8) is 0 Å². The minimum atomic E-state index is 0.703. The summed E-state index contributed by atoms with van der Waals surface area (Å²) in [6.07, 6.45) is 2.46. The summed E-state index contributed by atoms with van der Waals surface area (Å²) in [7, 11) is 1.78. The Morgan fingerprint density at radius 1 is 1.33 bits per heavy atom. The van der Waals surface area contributed by atoms with E-state index in [1.54, 1.807) is 13.0 Å². The summed E-state index contributed by atoms with van der Waals surface area (Å²) in [6.45, 7) is 7.83. The number of nitrogens with zero attached hydrogens (tertiary/aromatic N) is 1. The van der Waals surface area contributed by atoms with Crippen LogP contribution < -0.4 is 0 Å². The van der Waals surface area contributed by atoms with Crippen molar-refractivity contribution in [3.8, 4) is 0 Å². The van der Waals surface area contributed by atoms with E-state index in [9.17, 15) is 0 Å². The lowest BCUT2D eigenvalue weighted by Gasteiger charge is -2.33. The van der Waals surface area contributed by atoms with Gasteiger partial charge in [0.1, 0.15) is 0 Å². The Morgan fingerprint density at radius 3 is 2.33 bits per heavy atom. The average Bonchev–Trinajstić information content (AvgIpc) is 2.06. The van der Waals surface area contributed by atoms with Crippen molar-refractivity contribution >= 4 is 0 Å². The van der Waals surface area contributed by atoms with Gasteiger partial charge in [-0.25, -0.2) is 0 Å². The first-order valence-electron chi connectivity index (χ1n) is 4.80. The van der Waals surface area contributed by atoms with E-state index in [2.05, 4.69) is 18.7 Å². The third kappa shape index (κ3) is 2.76. The van der Waals surface area contributed by atoms with Crippen LogP contribution in [0.2, 0.25) is 0 Å². The van der Waals surface area contributed by atoms with Crippen molar-refractivity contribution in [2.45, 2.75) is 32.7 Å². The van der Waals surface area contributed by atoms with Crippen molar-refractivity contribution in [3.05, 3.63) is 5.92 Å². The summed E-state index contributed by atoms with van der Waals surface area (Å²) in [5.41, 5.74) is 0. The molecular weight excluding hydrogens is 150 g/mol. The van der Waals surface area contributed by atoms with E-state index in [0.29, 0.717) is 6.04 Å². The van der Waals surface area contributed by atoms with Crippen LogP contribution in [-0.2, 0) is 4.74 Å². The first-order valence-corrected chi connectivity index (χ1v) is 4.80. The van der Waals surface area contributed by atoms with Crippen LogP contribution >= 0.6 is 0 Å². The van der Waals surface area contributed by atoms with E-state index >= 15 is 0 Å². The van der Waals surface area contributed by atoms with E-state index < -0.39 is 0 Å². The van der Waals surface area contributed by atoms with E-state index in [-0.39, 0.29) is 0 Å². The molecular formula is C10H20NO. The predicted molar refractivity (Wildman–Crippen MR) is 51.1 cm³/mol. The minimum Gasteiger partial charge on any atom is -0.384 e. The number of piperidine rings is 1. The maximum Gasteiger partial charge on any atom is 0.0525 e. The summed E-state index contributed by atoms with van der Waals surface area (Å²) < 4.78 is 5.12. The summed E-state index contributed by atoms with van der Waals surface area (Å²) >= 11 is 0. The summed E-state index contributed by atoms with van der Waals surface area (Å²) in [5, 5.41) is 0. The van der Waals surface area contributed by atoms with Crippen LogP contribution in [0.15, 0.2) is 0 Å². The van der Waals surface area contributed by atoms with Crippen LogP contribution in [0, 0.1) is 5.92 Å². The Hall–Kier alpha value is -0.0800. The first-order chi connectivity index (χ1) is 5.74. The molecule has 0 aromatic carbocycles. The van der Waals surface area contributed by atoms with E-state index in [1.807, 2.05) is 0 Å². The van der Waals surface area contributed by atoms with Crippen LogP contribution in [0.3, 0.4) is 0 Å². The molecule has 0 spiro atoms. The molecule has 0 aliphatic carbocycles. The molecule has 1 saturated heterocycles. The molecule has 0 N–H and O–H groups in total. The first kappa shape index (κ1) is 10.0. The van der Waals surface area contributed by atoms with Crippen molar-refractivity contribution in [2.75, 3.05) is 26.8 Å². The van der Waals surface area contributed by atoms with E-state index in [0.717, 1.165) is 6.61 Å². The molecule has 0 atom stereocenters. The fraction of sp³-hybridized carbons (Fsp3) is 0.900. The van der Waals surface area contributed by atoms with Gasteiger partial charge in [0, 0.05) is 19.1 Å². The second-order valence-corrected chi connectivity index (χ2v) is 3.81. The van der Waals surface area contributed by atoms with Crippen LogP contribution in [0.5, 0.6) is 0 Å². The van der Waals surface area contributed by atoms with Gasteiger partial charge < -0.3 is 9.64 Å². The molecule has 0 aromatic heterocycles. The quantitative estimate of drug-likeness (QED) is 0.639.